The largest absolute Gasteiger partial charge is 0.454 e. The molecule has 3 aromatic rings. The summed E-state index contributed by atoms with van der Waals surface area (Å²) in [7, 11) is 0. The number of hydrogen-bond acceptors (Lipinski definition) is 5. The predicted octanol–water partition coefficient (Wildman–Crippen LogP) is 3.15. The molecule has 0 unspecified atom stereocenters. The Morgan fingerprint density at radius 1 is 1.04 bits per heavy atom. The van der Waals surface area contributed by atoms with Crippen molar-refractivity contribution < 1.29 is 13.9 Å². The van der Waals surface area contributed by atoms with Gasteiger partial charge in [0.05, 0.1) is 5.52 Å². The van der Waals surface area contributed by atoms with Gasteiger partial charge < -0.3 is 14.8 Å². The Morgan fingerprint density at radius 3 is 2.91 bits per heavy atom. The summed E-state index contributed by atoms with van der Waals surface area (Å²) in [6, 6.07) is 10.4. The molecule has 0 saturated heterocycles. The number of aromatic nitrogens is 2. The maximum atomic E-state index is 13.4. The number of ether oxygens (including phenoxy) is 2. The molecule has 0 bridgehead atoms. The Kier molecular flexibility index (Phi) is 3.42. The normalized spacial score (nSPS) is 12.6. The Hall–Kier alpha value is -2.89. The SMILES string of the molecule is Fc1ccc2ncnc(NCCc3ccc4c(c3)OCO4)c2c1. The quantitative estimate of drug-likeness (QED) is 0.802. The van der Waals surface area contributed by atoms with Gasteiger partial charge in [-0.15, -0.1) is 0 Å². The van der Waals surface area contributed by atoms with Gasteiger partial charge in [-0.2, -0.15) is 0 Å². The number of benzene rings is 2. The summed E-state index contributed by atoms with van der Waals surface area (Å²) < 4.78 is 24.1. The van der Waals surface area contributed by atoms with Crippen LogP contribution >= 0.6 is 0 Å². The zero-order valence-corrected chi connectivity index (χ0v) is 12.3. The van der Waals surface area contributed by atoms with Crippen molar-refractivity contribution in [2.75, 3.05) is 18.7 Å². The third-order valence-corrected chi connectivity index (χ3v) is 3.74. The van der Waals surface area contributed by atoms with E-state index in [1.807, 2.05) is 18.2 Å². The molecule has 23 heavy (non-hydrogen) atoms. The summed E-state index contributed by atoms with van der Waals surface area (Å²) in [5.41, 5.74) is 1.85. The van der Waals surface area contributed by atoms with Crippen molar-refractivity contribution in [3.05, 3.63) is 54.1 Å². The van der Waals surface area contributed by atoms with Gasteiger partial charge in [-0.05, 0) is 42.3 Å². The van der Waals surface area contributed by atoms with Gasteiger partial charge in [-0.1, -0.05) is 6.07 Å². The maximum absolute atomic E-state index is 13.4. The second kappa shape index (κ2) is 5.72. The molecule has 116 valence electrons. The molecule has 0 aliphatic carbocycles. The summed E-state index contributed by atoms with van der Waals surface area (Å²) in [5, 5.41) is 3.92. The van der Waals surface area contributed by atoms with Gasteiger partial charge in [-0.25, -0.2) is 14.4 Å². The van der Waals surface area contributed by atoms with Crippen molar-refractivity contribution in [3.8, 4) is 11.5 Å². The molecule has 5 nitrogen and oxygen atoms in total. The van der Waals surface area contributed by atoms with E-state index in [2.05, 4.69) is 15.3 Å². The molecular formula is C17H14FN3O2. The van der Waals surface area contributed by atoms with Crippen LogP contribution in [0, 0.1) is 5.82 Å². The maximum Gasteiger partial charge on any atom is 0.231 e. The van der Waals surface area contributed by atoms with E-state index in [-0.39, 0.29) is 12.6 Å². The topological polar surface area (TPSA) is 56.3 Å². The van der Waals surface area contributed by atoms with Crippen LogP contribution in [-0.4, -0.2) is 23.3 Å². The van der Waals surface area contributed by atoms with Crippen molar-refractivity contribution in [2.45, 2.75) is 6.42 Å². The Balaban J connectivity index is 1.48. The Morgan fingerprint density at radius 2 is 1.96 bits per heavy atom. The summed E-state index contributed by atoms with van der Waals surface area (Å²) in [4.78, 5) is 8.34. The van der Waals surface area contributed by atoms with E-state index in [1.165, 1.54) is 18.5 Å². The zero-order valence-electron chi connectivity index (χ0n) is 12.3. The zero-order chi connectivity index (χ0) is 15.6. The average Bonchev–Trinajstić information content (AvgIpc) is 3.03. The fourth-order valence-corrected chi connectivity index (χ4v) is 2.59. The number of halogens is 1. The first-order valence-electron chi connectivity index (χ1n) is 7.32. The molecule has 1 aliphatic rings. The van der Waals surface area contributed by atoms with Gasteiger partial charge in [0.25, 0.3) is 0 Å². The van der Waals surface area contributed by atoms with Crippen LogP contribution in [0.1, 0.15) is 5.56 Å². The number of anilines is 1. The Bertz CT molecular complexity index is 870. The van der Waals surface area contributed by atoms with Crippen molar-refractivity contribution in [2.24, 2.45) is 0 Å². The molecule has 0 saturated carbocycles. The van der Waals surface area contributed by atoms with Crippen LogP contribution in [0.2, 0.25) is 0 Å². The first-order chi connectivity index (χ1) is 11.3. The summed E-state index contributed by atoms with van der Waals surface area (Å²) in [5.74, 6) is 1.89. The molecule has 2 aromatic carbocycles. The van der Waals surface area contributed by atoms with Crippen molar-refractivity contribution >= 4 is 16.7 Å². The van der Waals surface area contributed by atoms with Gasteiger partial charge in [0, 0.05) is 11.9 Å². The van der Waals surface area contributed by atoms with Crippen LogP contribution in [-0.2, 0) is 6.42 Å². The number of hydrogen-bond donors (Lipinski definition) is 1. The summed E-state index contributed by atoms with van der Waals surface area (Å²) in [6.45, 7) is 0.942. The molecule has 0 spiro atoms. The van der Waals surface area contributed by atoms with E-state index in [0.717, 1.165) is 23.5 Å². The van der Waals surface area contributed by atoms with Gasteiger partial charge in [-0.3, -0.25) is 0 Å². The molecule has 0 amide bonds. The molecule has 2 heterocycles. The van der Waals surface area contributed by atoms with Crippen molar-refractivity contribution in [3.63, 3.8) is 0 Å². The summed E-state index contributed by atoms with van der Waals surface area (Å²) in [6.07, 6.45) is 2.26. The second-order valence-electron chi connectivity index (χ2n) is 5.25. The Labute approximate surface area is 132 Å². The van der Waals surface area contributed by atoms with Gasteiger partial charge in [0.1, 0.15) is 18.0 Å². The fraction of sp³-hybridized carbons (Fsp3) is 0.176. The highest BCUT2D eigenvalue weighted by molar-refractivity contribution is 5.88. The number of fused-ring (bicyclic) bond motifs is 2. The molecule has 1 aliphatic heterocycles. The monoisotopic (exact) mass is 311 g/mol. The van der Waals surface area contributed by atoms with Crippen LogP contribution in [0.5, 0.6) is 11.5 Å². The molecule has 1 N–H and O–H groups in total. The van der Waals surface area contributed by atoms with Gasteiger partial charge in [0.15, 0.2) is 11.5 Å². The van der Waals surface area contributed by atoms with Crippen molar-refractivity contribution in [1.82, 2.24) is 9.97 Å². The van der Waals surface area contributed by atoms with Crippen LogP contribution in [0.3, 0.4) is 0 Å². The lowest BCUT2D eigenvalue weighted by atomic mass is 10.1. The molecule has 6 heteroatoms. The van der Waals surface area contributed by atoms with E-state index in [9.17, 15) is 4.39 Å². The highest BCUT2D eigenvalue weighted by Gasteiger charge is 2.13. The lowest BCUT2D eigenvalue weighted by Crippen LogP contribution is -2.07. The lowest BCUT2D eigenvalue weighted by molar-refractivity contribution is 0.174. The van der Waals surface area contributed by atoms with E-state index in [1.54, 1.807) is 6.07 Å². The van der Waals surface area contributed by atoms with Gasteiger partial charge >= 0.3 is 0 Å². The van der Waals surface area contributed by atoms with Crippen LogP contribution in [0.4, 0.5) is 10.2 Å². The smallest absolute Gasteiger partial charge is 0.231 e. The van der Waals surface area contributed by atoms with Crippen molar-refractivity contribution in [1.29, 1.82) is 0 Å². The average molecular weight is 311 g/mol. The minimum absolute atomic E-state index is 0.273. The number of nitrogens with zero attached hydrogens (tertiary/aromatic N) is 2. The van der Waals surface area contributed by atoms with E-state index < -0.39 is 0 Å². The predicted molar refractivity (Wildman–Crippen MR) is 84.3 cm³/mol. The molecular weight excluding hydrogens is 297 g/mol. The highest BCUT2D eigenvalue weighted by Crippen LogP contribution is 2.32. The van der Waals surface area contributed by atoms with Crippen LogP contribution in [0.15, 0.2) is 42.7 Å². The fourth-order valence-electron chi connectivity index (χ4n) is 2.59. The lowest BCUT2D eigenvalue weighted by Gasteiger charge is -2.08. The molecule has 4 rings (SSSR count). The highest BCUT2D eigenvalue weighted by atomic mass is 19.1. The van der Waals surface area contributed by atoms with Crippen LogP contribution < -0.4 is 14.8 Å². The minimum atomic E-state index is -0.300. The molecule has 0 radical (unpaired) electrons. The first-order valence-corrected chi connectivity index (χ1v) is 7.32. The minimum Gasteiger partial charge on any atom is -0.454 e. The molecule has 0 fully saturated rings. The number of nitrogens with one attached hydrogen (secondary N) is 1. The van der Waals surface area contributed by atoms with E-state index in [0.29, 0.717) is 23.3 Å². The third-order valence-electron chi connectivity index (χ3n) is 3.74. The molecule has 0 atom stereocenters. The summed E-state index contributed by atoms with van der Waals surface area (Å²) >= 11 is 0. The van der Waals surface area contributed by atoms with Crippen LogP contribution in [0.25, 0.3) is 10.9 Å². The van der Waals surface area contributed by atoms with Gasteiger partial charge in [0.2, 0.25) is 6.79 Å². The van der Waals surface area contributed by atoms with E-state index in [4.69, 9.17) is 9.47 Å². The number of rotatable bonds is 4. The standard InChI is InChI=1S/C17H14FN3O2/c18-12-2-3-14-13(8-12)17(21-9-20-14)19-6-5-11-1-4-15-16(7-11)23-10-22-15/h1-4,7-9H,5-6,10H2,(H,19,20,21). The third kappa shape index (κ3) is 2.75. The first kappa shape index (κ1) is 13.8. The second-order valence-corrected chi connectivity index (χ2v) is 5.25. The van der Waals surface area contributed by atoms with E-state index >= 15 is 0 Å². The molecule has 1 aromatic heterocycles.